The van der Waals surface area contributed by atoms with Crippen molar-refractivity contribution >= 4 is 11.1 Å². The van der Waals surface area contributed by atoms with E-state index in [4.69, 9.17) is 11.3 Å². The molecule has 0 bridgehead atoms. The van der Waals surface area contributed by atoms with Crippen LogP contribution in [0, 0.1) is 0 Å². The highest BCUT2D eigenvalue weighted by Gasteiger charge is 2.49. The van der Waals surface area contributed by atoms with Gasteiger partial charge in [0.05, 0.1) is 11.5 Å². The average Bonchev–Trinajstić information content (AvgIpc) is 3.54. The fourth-order valence-corrected chi connectivity index (χ4v) is 8.93. The highest BCUT2D eigenvalue weighted by atomic mass is 16.5. The number of allylic oxidation sites excluding steroid dienone is 3. The highest BCUT2D eigenvalue weighted by Crippen LogP contribution is 2.60. The number of hydrogen-bond acceptors (Lipinski definition) is 2. The Kier molecular flexibility index (Phi) is 7.37. The summed E-state index contributed by atoms with van der Waals surface area (Å²) in [5.74, 6) is 0.859. The van der Waals surface area contributed by atoms with E-state index in [2.05, 4.69) is 194 Å². The van der Waals surface area contributed by atoms with Gasteiger partial charge in [0.15, 0.2) is 0 Å². The molecular formula is C51H37NO. The molecule has 1 N–H and O–H groups in total. The minimum absolute atomic E-state index is 0.0437. The number of ether oxygens (including phenoxy) is 1. The summed E-state index contributed by atoms with van der Waals surface area (Å²) < 4.78 is 6.77. The van der Waals surface area contributed by atoms with E-state index >= 15 is 0 Å². The molecule has 1 aliphatic carbocycles. The molecule has 2 heteroatoms. The van der Waals surface area contributed by atoms with Crippen LogP contribution in [0.25, 0.3) is 44.5 Å². The van der Waals surface area contributed by atoms with E-state index in [0.29, 0.717) is 6.61 Å². The summed E-state index contributed by atoms with van der Waals surface area (Å²) in [5, 5.41) is 3.60. The topological polar surface area (TPSA) is 21.3 Å². The molecule has 1 spiro atoms. The number of hydrogen-bond donors (Lipinski definition) is 1. The predicted octanol–water partition coefficient (Wildman–Crippen LogP) is 12.2. The lowest BCUT2D eigenvalue weighted by Crippen LogP contribution is -2.31. The van der Waals surface area contributed by atoms with E-state index < -0.39 is 5.41 Å². The first-order valence-corrected chi connectivity index (χ1v) is 18.3. The van der Waals surface area contributed by atoms with E-state index in [0.717, 1.165) is 16.9 Å². The number of fused-ring (bicyclic) bond motifs is 8. The molecule has 1 atom stereocenters. The van der Waals surface area contributed by atoms with E-state index in [9.17, 15) is 0 Å². The second-order valence-electron chi connectivity index (χ2n) is 14.1. The minimum Gasteiger partial charge on any atom is -0.488 e. The number of nitrogens with one attached hydrogen (secondary N) is 1. The Labute approximate surface area is 311 Å². The van der Waals surface area contributed by atoms with Gasteiger partial charge in [-0.05, 0) is 96.8 Å². The Bertz CT molecular complexity index is 2560. The van der Waals surface area contributed by atoms with Crippen molar-refractivity contribution in [3.05, 3.63) is 234 Å². The van der Waals surface area contributed by atoms with Gasteiger partial charge in [0.25, 0.3) is 0 Å². The quantitative estimate of drug-likeness (QED) is 0.200. The van der Waals surface area contributed by atoms with Crippen LogP contribution in [-0.4, -0.2) is 0 Å². The first-order valence-electron chi connectivity index (χ1n) is 18.3. The van der Waals surface area contributed by atoms with Crippen molar-refractivity contribution < 1.29 is 4.74 Å². The van der Waals surface area contributed by atoms with Gasteiger partial charge < -0.3 is 10.1 Å². The molecule has 7 aromatic carbocycles. The summed E-state index contributed by atoms with van der Waals surface area (Å²) in [7, 11) is 0. The van der Waals surface area contributed by atoms with Gasteiger partial charge in [-0.1, -0.05) is 170 Å². The smallest absolute Gasteiger partial charge is 0.127 e. The van der Waals surface area contributed by atoms with Crippen LogP contribution in [0.15, 0.2) is 195 Å². The third-order valence-corrected chi connectivity index (χ3v) is 11.4. The molecule has 0 saturated carbocycles. The van der Waals surface area contributed by atoms with Crippen molar-refractivity contribution in [2.45, 2.75) is 18.1 Å². The number of rotatable bonds is 4. The monoisotopic (exact) mass is 679 g/mol. The maximum atomic E-state index is 6.77. The van der Waals surface area contributed by atoms with Crippen LogP contribution < -0.4 is 10.1 Å². The van der Waals surface area contributed by atoms with Crippen LogP contribution in [-0.2, 0) is 12.0 Å². The van der Waals surface area contributed by atoms with Crippen LogP contribution >= 0.6 is 0 Å². The molecule has 7 aromatic rings. The third kappa shape index (κ3) is 4.87. The van der Waals surface area contributed by atoms with Crippen molar-refractivity contribution in [3.63, 3.8) is 0 Å². The molecule has 0 aromatic heterocycles. The molecular weight excluding hydrogens is 643 g/mol. The highest BCUT2D eigenvalue weighted by molar-refractivity contribution is 5.97. The molecule has 2 heterocycles. The molecule has 0 fully saturated rings. The van der Waals surface area contributed by atoms with E-state index in [1.54, 1.807) is 0 Å². The second-order valence-corrected chi connectivity index (χ2v) is 14.1. The summed E-state index contributed by atoms with van der Waals surface area (Å²) in [6.45, 7) is 5.37. The molecule has 3 aliphatic rings. The lowest BCUT2D eigenvalue weighted by Gasteiger charge is -2.39. The Hall–Kier alpha value is -6.64. The standard InChI is InChI=1S/C51H37NO/c1-34-39-16-9-12-25-50(39)53-33-45-42(21-13-24-48(45)51(34)46-22-10-7-19-43(46)44-20-8-11-23-47(44)51)41-18-6-5-17-40(41)38-30-31-52-49(32-38)37-28-26-36(27-29-37)35-14-3-2-4-15-35/h2-32,49,52H,1,33H2. The summed E-state index contributed by atoms with van der Waals surface area (Å²) in [5.41, 5.74) is 17.3. The van der Waals surface area contributed by atoms with Crippen molar-refractivity contribution in [3.8, 4) is 39.1 Å². The fourth-order valence-electron chi connectivity index (χ4n) is 8.93. The summed E-state index contributed by atoms with van der Waals surface area (Å²) in [6.07, 6.45) is 6.63. The van der Waals surface area contributed by atoms with E-state index in [1.807, 2.05) is 0 Å². The molecule has 0 radical (unpaired) electrons. The zero-order valence-electron chi connectivity index (χ0n) is 29.3. The summed E-state index contributed by atoms with van der Waals surface area (Å²) in [4.78, 5) is 0. The minimum atomic E-state index is -0.599. The molecule has 1 unspecified atom stereocenters. The fraction of sp³-hybridized carbons (Fsp3) is 0.0588. The van der Waals surface area contributed by atoms with Gasteiger partial charge in [-0.15, -0.1) is 0 Å². The number of para-hydroxylation sites is 1. The van der Waals surface area contributed by atoms with Gasteiger partial charge in [-0.3, -0.25) is 0 Å². The van der Waals surface area contributed by atoms with Gasteiger partial charge in [0.2, 0.25) is 0 Å². The van der Waals surface area contributed by atoms with Crippen molar-refractivity contribution in [1.29, 1.82) is 0 Å². The van der Waals surface area contributed by atoms with E-state index in [1.165, 1.54) is 72.3 Å². The summed E-state index contributed by atoms with van der Waals surface area (Å²) in [6, 6.07) is 61.2. The van der Waals surface area contributed by atoms with Gasteiger partial charge >= 0.3 is 0 Å². The maximum absolute atomic E-state index is 6.77. The van der Waals surface area contributed by atoms with Crippen LogP contribution in [0.3, 0.4) is 0 Å². The van der Waals surface area contributed by atoms with Gasteiger partial charge in [-0.2, -0.15) is 0 Å². The molecule has 0 saturated heterocycles. The maximum Gasteiger partial charge on any atom is 0.127 e. The molecule has 2 nitrogen and oxygen atoms in total. The Morgan fingerprint density at radius 1 is 0.509 bits per heavy atom. The SMILES string of the molecule is C=C1c2ccccc2OCc2c(-c3ccccc3C3=CC(c4ccc(-c5ccccc5)cc4)NC=C3)cccc2C12c1ccccc1-c1ccccc12. The third-order valence-electron chi connectivity index (χ3n) is 11.4. The van der Waals surface area contributed by atoms with Crippen LogP contribution in [0.2, 0.25) is 0 Å². The second kappa shape index (κ2) is 12.5. The largest absolute Gasteiger partial charge is 0.488 e. The van der Waals surface area contributed by atoms with Crippen molar-refractivity contribution in [2.24, 2.45) is 0 Å². The van der Waals surface area contributed by atoms with Crippen molar-refractivity contribution in [1.82, 2.24) is 5.32 Å². The van der Waals surface area contributed by atoms with Crippen molar-refractivity contribution in [2.75, 3.05) is 0 Å². The summed E-state index contributed by atoms with van der Waals surface area (Å²) >= 11 is 0. The molecule has 2 aliphatic heterocycles. The molecule has 10 rings (SSSR count). The van der Waals surface area contributed by atoms with Gasteiger partial charge in [0, 0.05) is 11.1 Å². The zero-order valence-corrected chi connectivity index (χ0v) is 29.3. The lowest BCUT2D eigenvalue weighted by molar-refractivity contribution is 0.301. The predicted molar refractivity (Wildman–Crippen MR) is 218 cm³/mol. The Morgan fingerprint density at radius 3 is 1.81 bits per heavy atom. The molecule has 53 heavy (non-hydrogen) atoms. The zero-order chi connectivity index (χ0) is 35.4. The number of benzene rings is 7. The first-order chi connectivity index (χ1) is 26.2. The average molecular weight is 680 g/mol. The molecule has 252 valence electrons. The van der Waals surface area contributed by atoms with Gasteiger partial charge in [-0.25, -0.2) is 0 Å². The number of dihydropyridines is 1. The Morgan fingerprint density at radius 2 is 1.08 bits per heavy atom. The lowest BCUT2D eigenvalue weighted by atomic mass is 9.63. The van der Waals surface area contributed by atoms with Crippen LogP contribution in [0.4, 0.5) is 0 Å². The molecule has 0 amide bonds. The normalized spacial score (nSPS) is 16.2. The Balaban J connectivity index is 1.14. The first kappa shape index (κ1) is 31.1. The van der Waals surface area contributed by atoms with Crippen LogP contribution in [0.5, 0.6) is 5.75 Å². The van der Waals surface area contributed by atoms with Crippen LogP contribution in [0.1, 0.15) is 45.0 Å². The van der Waals surface area contributed by atoms with E-state index in [-0.39, 0.29) is 6.04 Å². The van der Waals surface area contributed by atoms with Gasteiger partial charge in [0.1, 0.15) is 12.4 Å².